The van der Waals surface area contributed by atoms with Crippen LogP contribution < -0.4 is 0 Å². The van der Waals surface area contributed by atoms with Crippen LogP contribution in [0.15, 0.2) is 12.2 Å². The molecule has 1 radical (unpaired) electrons. The number of unbranched alkanes of at least 4 members (excludes halogenated alkanes) is 1. The van der Waals surface area contributed by atoms with Crippen molar-refractivity contribution in [3.05, 3.63) is 19.1 Å². The molecule has 0 heteroatoms. The first-order valence-electron chi connectivity index (χ1n) is 4.06. The van der Waals surface area contributed by atoms with Crippen LogP contribution in [0, 0.1) is 12.3 Å². The molecular weight excluding hydrogens is 120 g/mol. The van der Waals surface area contributed by atoms with E-state index in [1.165, 1.54) is 12.8 Å². The van der Waals surface area contributed by atoms with Gasteiger partial charge in [0.25, 0.3) is 0 Å². The molecule has 0 aliphatic carbocycles. The standard InChI is InChI=1S/C10H19/c1-5-6-7-8-9-10(2,3)4/h7-8H,2,5-6,9H2,1,3-4H3. The van der Waals surface area contributed by atoms with Gasteiger partial charge in [-0.25, -0.2) is 0 Å². The fourth-order valence-corrected chi connectivity index (χ4v) is 0.687. The molecule has 0 fully saturated rings. The Bertz CT molecular complexity index is 93.1. The van der Waals surface area contributed by atoms with E-state index >= 15 is 0 Å². The first kappa shape index (κ1) is 9.74. The molecule has 0 spiro atoms. The van der Waals surface area contributed by atoms with Gasteiger partial charge in [0.15, 0.2) is 0 Å². The Labute approximate surface area is 65.3 Å². The van der Waals surface area contributed by atoms with E-state index in [-0.39, 0.29) is 5.41 Å². The van der Waals surface area contributed by atoms with Crippen molar-refractivity contribution in [1.82, 2.24) is 0 Å². The molecule has 0 aromatic carbocycles. The van der Waals surface area contributed by atoms with Crippen molar-refractivity contribution in [2.45, 2.75) is 40.0 Å². The quantitative estimate of drug-likeness (QED) is 0.522. The zero-order chi connectivity index (χ0) is 8.04. The maximum Gasteiger partial charge on any atom is -0.0299 e. The van der Waals surface area contributed by atoms with E-state index in [0.717, 1.165) is 6.42 Å². The summed E-state index contributed by atoms with van der Waals surface area (Å²) < 4.78 is 0. The lowest BCUT2D eigenvalue weighted by molar-refractivity contribution is 0.483. The highest BCUT2D eigenvalue weighted by molar-refractivity contribution is 4.87. The Morgan fingerprint density at radius 3 is 2.30 bits per heavy atom. The van der Waals surface area contributed by atoms with Crippen molar-refractivity contribution in [2.75, 3.05) is 0 Å². The van der Waals surface area contributed by atoms with Crippen molar-refractivity contribution >= 4 is 0 Å². The Balaban J connectivity index is 3.34. The van der Waals surface area contributed by atoms with E-state index in [4.69, 9.17) is 0 Å². The molecule has 10 heavy (non-hydrogen) atoms. The zero-order valence-corrected chi connectivity index (χ0v) is 7.48. The van der Waals surface area contributed by atoms with E-state index in [1.807, 2.05) is 0 Å². The van der Waals surface area contributed by atoms with Crippen LogP contribution in [-0.2, 0) is 0 Å². The lowest BCUT2D eigenvalue weighted by Crippen LogP contribution is -2.02. The van der Waals surface area contributed by atoms with Gasteiger partial charge in [-0.15, -0.1) is 0 Å². The minimum Gasteiger partial charge on any atom is -0.0885 e. The monoisotopic (exact) mass is 139 g/mol. The van der Waals surface area contributed by atoms with Crippen LogP contribution in [0.25, 0.3) is 0 Å². The Kier molecular flexibility index (Phi) is 4.42. The zero-order valence-electron chi connectivity index (χ0n) is 7.48. The van der Waals surface area contributed by atoms with Gasteiger partial charge in [-0.1, -0.05) is 39.3 Å². The average Bonchev–Trinajstić information content (AvgIpc) is 1.78. The van der Waals surface area contributed by atoms with Gasteiger partial charge in [-0.2, -0.15) is 0 Å². The van der Waals surface area contributed by atoms with Gasteiger partial charge < -0.3 is 0 Å². The van der Waals surface area contributed by atoms with Crippen LogP contribution in [0.4, 0.5) is 0 Å². The number of hydrogen-bond donors (Lipinski definition) is 0. The smallest absolute Gasteiger partial charge is 0.0299 e. The summed E-state index contributed by atoms with van der Waals surface area (Å²) in [6.07, 6.45) is 8.01. The van der Waals surface area contributed by atoms with Gasteiger partial charge in [0, 0.05) is 0 Å². The minimum atomic E-state index is 0.213. The highest BCUT2D eigenvalue weighted by atomic mass is 14.1. The maximum absolute atomic E-state index is 4.02. The third-order valence-electron chi connectivity index (χ3n) is 1.29. The summed E-state index contributed by atoms with van der Waals surface area (Å²) in [4.78, 5) is 0. The summed E-state index contributed by atoms with van der Waals surface area (Å²) in [6.45, 7) is 10.5. The molecule has 0 bridgehead atoms. The van der Waals surface area contributed by atoms with Gasteiger partial charge in [-0.05, 0) is 25.2 Å². The topological polar surface area (TPSA) is 0 Å². The molecule has 0 saturated heterocycles. The summed E-state index contributed by atoms with van der Waals surface area (Å²) in [6, 6.07) is 0. The highest BCUT2D eigenvalue weighted by Crippen LogP contribution is 2.18. The van der Waals surface area contributed by atoms with E-state index < -0.39 is 0 Å². The van der Waals surface area contributed by atoms with Crippen molar-refractivity contribution in [3.63, 3.8) is 0 Å². The van der Waals surface area contributed by atoms with Crippen molar-refractivity contribution < 1.29 is 0 Å². The lowest BCUT2D eigenvalue weighted by Gasteiger charge is -2.13. The van der Waals surface area contributed by atoms with Gasteiger partial charge in [-0.3, -0.25) is 0 Å². The van der Waals surface area contributed by atoms with Crippen LogP contribution in [0.5, 0.6) is 0 Å². The molecular formula is C10H19. The van der Waals surface area contributed by atoms with Crippen LogP contribution in [0.3, 0.4) is 0 Å². The summed E-state index contributed by atoms with van der Waals surface area (Å²) in [5.74, 6) is 0. The van der Waals surface area contributed by atoms with E-state index in [2.05, 4.69) is 39.8 Å². The van der Waals surface area contributed by atoms with E-state index in [1.54, 1.807) is 0 Å². The molecule has 0 rings (SSSR count). The van der Waals surface area contributed by atoms with Crippen LogP contribution >= 0.6 is 0 Å². The van der Waals surface area contributed by atoms with E-state index in [9.17, 15) is 0 Å². The summed E-state index contributed by atoms with van der Waals surface area (Å²) >= 11 is 0. The molecule has 0 nitrogen and oxygen atoms in total. The fourth-order valence-electron chi connectivity index (χ4n) is 0.687. The summed E-state index contributed by atoms with van der Waals surface area (Å²) in [5, 5.41) is 0. The molecule has 0 aromatic heterocycles. The maximum atomic E-state index is 4.02. The SMILES string of the molecule is [CH2]C(C)(C)CC=CCCC. The molecule has 0 heterocycles. The summed E-state index contributed by atoms with van der Waals surface area (Å²) in [7, 11) is 0. The molecule has 0 aromatic rings. The van der Waals surface area contributed by atoms with Crippen LogP contribution in [0.1, 0.15) is 40.0 Å². The first-order valence-corrected chi connectivity index (χ1v) is 4.06. The third-order valence-corrected chi connectivity index (χ3v) is 1.29. The van der Waals surface area contributed by atoms with Crippen molar-refractivity contribution in [1.29, 1.82) is 0 Å². The van der Waals surface area contributed by atoms with Gasteiger partial charge >= 0.3 is 0 Å². The number of allylic oxidation sites excluding steroid dienone is 2. The fraction of sp³-hybridized carbons (Fsp3) is 0.700. The molecule has 0 atom stereocenters. The number of rotatable bonds is 4. The van der Waals surface area contributed by atoms with Crippen molar-refractivity contribution in [3.8, 4) is 0 Å². The van der Waals surface area contributed by atoms with Crippen LogP contribution in [0.2, 0.25) is 0 Å². The van der Waals surface area contributed by atoms with Gasteiger partial charge in [0.05, 0.1) is 0 Å². The second-order valence-corrected chi connectivity index (χ2v) is 3.63. The molecule has 0 amide bonds. The van der Waals surface area contributed by atoms with E-state index in [0.29, 0.717) is 0 Å². The Hall–Kier alpha value is -0.260. The summed E-state index contributed by atoms with van der Waals surface area (Å²) in [5.41, 5.74) is 0.213. The Morgan fingerprint density at radius 2 is 1.90 bits per heavy atom. The second kappa shape index (κ2) is 4.54. The molecule has 0 unspecified atom stereocenters. The predicted octanol–water partition coefficient (Wildman–Crippen LogP) is 3.59. The largest absolute Gasteiger partial charge is 0.0885 e. The average molecular weight is 139 g/mol. The first-order chi connectivity index (χ1) is 4.56. The van der Waals surface area contributed by atoms with Gasteiger partial charge in [0.1, 0.15) is 0 Å². The third kappa shape index (κ3) is 7.74. The highest BCUT2D eigenvalue weighted by Gasteiger charge is 2.05. The molecule has 0 aliphatic rings. The van der Waals surface area contributed by atoms with Crippen molar-refractivity contribution in [2.24, 2.45) is 5.41 Å². The minimum absolute atomic E-state index is 0.213. The normalized spacial score (nSPS) is 12.8. The molecule has 0 saturated carbocycles. The molecule has 0 N–H and O–H groups in total. The number of hydrogen-bond acceptors (Lipinski definition) is 0. The molecule has 0 aliphatic heterocycles. The predicted molar refractivity (Wildman–Crippen MR) is 47.8 cm³/mol. The van der Waals surface area contributed by atoms with Crippen LogP contribution in [-0.4, -0.2) is 0 Å². The van der Waals surface area contributed by atoms with Gasteiger partial charge in [0.2, 0.25) is 0 Å². The second-order valence-electron chi connectivity index (χ2n) is 3.63. The molecule has 59 valence electrons. The Morgan fingerprint density at radius 1 is 1.30 bits per heavy atom. The lowest BCUT2D eigenvalue weighted by atomic mass is 9.92.